The predicted molar refractivity (Wildman–Crippen MR) is 129 cm³/mol. The van der Waals surface area contributed by atoms with Crippen molar-refractivity contribution in [1.29, 1.82) is 0 Å². The maximum atomic E-state index is 4.56. The summed E-state index contributed by atoms with van der Waals surface area (Å²) in [6.45, 7) is 12.8. The van der Waals surface area contributed by atoms with Crippen LogP contribution < -0.4 is 0 Å². The van der Waals surface area contributed by atoms with Crippen molar-refractivity contribution in [2.45, 2.75) is 89.9 Å². The third-order valence-corrected chi connectivity index (χ3v) is 9.77. The normalized spacial score (nSPS) is 35.7. The van der Waals surface area contributed by atoms with Gasteiger partial charge in [-0.2, -0.15) is 0 Å². The maximum Gasteiger partial charge on any atom is 0.0432 e. The minimum absolute atomic E-state index is 0.592. The van der Waals surface area contributed by atoms with Crippen LogP contribution in [0.2, 0.25) is 0 Å². The lowest BCUT2D eigenvalue weighted by Crippen LogP contribution is -2.34. The number of fused-ring (bicyclic) bond motifs is 1. The van der Waals surface area contributed by atoms with E-state index in [0.29, 0.717) is 11.3 Å². The van der Waals surface area contributed by atoms with Crippen molar-refractivity contribution in [1.82, 2.24) is 4.90 Å². The summed E-state index contributed by atoms with van der Waals surface area (Å²) in [5, 5.41) is 0.659. The van der Waals surface area contributed by atoms with Crippen LogP contribution in [0.5, 0.6) is 0 Å². The molecule has 1 nitrogen and oxygen atoms in total. The predicted octanol–water partition coefficient (Wildman–Crippen LogP) is 7.73. The van der Waals surface area contributed by atoms with Gasteiger partial charge in [-0.15, -0.1) is 11.8 Å². The number of allylic oxidation sites excluding steroid dienone is 3. The molecule has 160 valence electrons. The van der Waals surface area contributed by atoms with Gasteiger partial charge in [-0.25, -0.2) is 0 Å². The first-order valence-electron chi connectivity index (χ1n) is 12.2. The van der Waals surface area contributed by atoms with Gasteiger partial charge in [0.2, 0.25) is 0 Å². The molecule has 4 rings (SSSR count). The number of nitrogens with zero attached hydrogens (tertiary/aromatic N) is 1. The molecule has 0 aromatic heterocycles. The van der Waals surface area contributed by atoms with Gasteiger partial charge in [0.05, 0.1) is 0 Å². The molecular formula is C27H41NS. The van der Waals surface area contributed by atoms with Gasteiger partial charge < -0.3 is 4.90 Å². The van der Waals surface area contributed by atoms with E-state index < -0.39 is 0 Å². The zero-order valence-electron chi connectivity index (χ0n) is 18.9. The first-order chi connectivity index (χ1) is 14.0. The Kier molecular flexibility index (Phi) is 6.99. The highest BCUT2D eigenvalue weighted by Gasteiger charge is 2.34. The molecule has 5 atom stereocenters. The molecular weight excluding hydrogens is 370 g/mol. The third kappa shape index (κ3) is 4.89. The number of hydrogen-bond donors (Lipinski definition) is 0. The SMILES string of the molecule is C=C(CN1C=CC(CC2CCCCC2)CC(C)[C@H]1C)C1=C(C)C2CCC=CC2S1. The van der Waals surface area contributed by atoms with Crippen LogP contribution >= 0.6 is 11.8 Å². The monoisotopic (exact) mass is 411 g/mol. The van der Waals surface area contributed by atoms with Crippen molar-refractivity contribution in [2.24, 2.45) is 23.7 Å². The Bertz CT molecular complexity index is 681. The van der Waals surface area contributed by atoms with Crippen LogP contribution in [0.15, 0.2) is 47.1 Å². The summed E-state index contributed by atoms with van der Waals surface area (Å²) in [6, 6.07) is 0.592. The van der Waals surface area contributed by atoms with Crippen molar-refractivity contribution < 1.29 is 0 Å². The first kappa shape index (κ1) is 21.3. The van der Waals surface area contributed by atoms with Crippen LogP contribution in [0.1, 0.15) is 78.6 Å². The summed E-state index contributed by atoms with van der Waals surface area (Å²) >= 11 is 2.07. The van der Waals surface area contributed by atoms with Crippen molar-refractivity contribution >= 4 is 11.8 Å². The zero-order chi connectivity index (χ0) is 20.4. The largest absolute Gasteiger partial charge is 0.370 e. The Balaban J connectivity index is 1.40. The molecule has 2 heterocycles. The zero-order valence-corrected chi connectivity index (χ0v) is 19.7. The van der Waals surface area contributed by atoms with Gasteiger partial charge in [-0.05, 0) is 75.0 Å². The van der Waals surface area contributed by atoms with Gasteiger partial charge in [0.25, 0.3) is 0 Å². The van der Waals surface area contributed by atoms with Gasteiger partial charge in [-0.3, -0.25) is 0 Å². The molecule has 0 radical (unpaired) electrons. The second-order valence-electron chi connectivity index (χ2n) is 10.3. The van der Waals surface area contributed by atoms with Crippen LogP contribution in [-0.4, -0.2) is 22.7 Å². The summed E-state index contributed by atoms with van der Waals surface area (Å²) in [6.07, 6.45) is 22.4. The minimum Gasteiger partial charge on any atom is -0.370 e. The standard InChI is InChI=1S/C27H41NS/c1-19-16-24(17-23-10-6-5-7-11-23)14-15-28(22(19)4)18-20(2)27-21(3)25-12-8-9-13-26(25)29-27/h9,13-15,19,22-26H,2,5-8,10-12,16-18H2,1,3-4H3/t19?,22-,24?,25?,26?/m1/s1. The molecule has 2 heteroatoms. The smallest absolute Gasteiger partial charge is 0.0432 e. The molecule has 0 aromatic rings. The molecule has 1 fully saturated rings. The number of hydrogen-bond acceptors (Lipinski definition) is 2. The molecule has 0 N–H and O–H groups in total. The van der Waals surface area contributed by atoms with Crippen LogP contribution in [0.4, 0.5) is 0 Å². The Morgan fingerprint density at radius 2 is 1.93 bits per heavy atom. The van der Waals surface area contributed by atoms with E-state index in [9.17, 15) is 0 Å². The lowest BCUT2D eigenvalue weighted by Gasteiger charge is -2.32. The van der Waals surface area contributed by atoms with Crippen molar-refractivity contribution in [3.05, 3.63) is 47.1 Å². The van der Waals surface area contributed by atoms with Crippen molar-refractivity contribution in [3.63, 3.8) is 0 Å². The highest BCUT2D eigenvalue weighted by molar-refractivity contribution is 8.04. The average molecular weight is 412 g/mol. The van der Waals surface area contributed by atoms with E-state index in [1.807, 2.05) is 0 Å². The lowest BCUT2D eigenvalue weighted by atomic mass is 9.80. The maximum absolute atomic E-state index is 4.56. The number of rotatable bonds is 5. The topological polar surface area (TPSA) is 3.24 Å². The molecule has 0 amide bonds. The van der Waals surface area contributed by atoms with E-state index in [4.69, 9.17) is 0 Å². The molecule has 0 aromatic carbocycles. The second-order valence-corrected chi connectivity index (χ2v) is 11.5. The summed E-state index contributed by atoms with van der Waals surface area (Å²) < 4.78 is 0. The molecule has 2 aliphatic carbocycles. The quantitative estimate of drug-likeness (QED) is 0.426. The fourth-order valence-corrected chi connectivity index (χ4v) is 7.65. The average Bonchev–Trinajstić information content (AvgIpc) is 3.01. The fourth-order valence-electron chi connectivity index (χ4n) is 6.11. The lowest BCUT2D eigenvalue weighted by molar-refractivity contribution is 0.223. The van der Waals surface area contributed by atoms with Crippen LogP contribution in [0.3, 0.4) is 0 Å². The van der Waals surface area contributed by atoms with E-state index in [-0.39, 0.29) is 0 Å². The highest BCUT2D eigenvalue weighted by Crippen LogP contribution is 2.49. The van der Waals surface area contributed by atoms with E-state index in [2.05, 4.69) is 68.4 Å². The second kappa shape index (κ2) is 9.50. The highest BCUT2D eigenvalue weighted by atomic mass is 32.2. The van der Waals surface area contributed by atoms with Crippen LogP contribution in [-0.2, 0) is 0 Å². The summed E-state index contributed by atoms with van der Waals surface area (Å²) in [5.41, 5.74) is 2.94. The van der Waals surface area contributed by atoms with E-state index in [0.717, 1.165) is 30.2 Å². The third-order valence-electron chi connectivity index (χ3n) is 8.16. The molecule has 0 bridgehead atoms. The van der Waals surface area contributed by atoms with Gasteiger partial charge in [0.1, 0.15) is 0 Å². The Morgan fingerprint density at radius 3 is 2.69 bits per heavy atom. The van der Waals surface area contributed by atoms with E-state index >= 15 is 0 Å². The molecule has 1 saturated carbocycles. The van der Waals surface area contributed by atoms with Gasteiger partial charge in [-0.1, -0.05) is 69.4 Å². The minimum atomic E-state index is 0.592. The van der Waals surface area contributed by atoms with E-state index in [1.54, 1.807) is 5.57 Å². The van der Waals surface area contributed by atoms with Crippen LogP contribution in [0, 0.1) is 23.7 Å². The molecule has 4 aliphatic rings. The molecule has 2 aliphatic heterocycles. The van der Waals surface area contributed by atoms with Crippen LogP contribution in [0.25, 0.3) is 0 Å². The molecule has 4 unspecified atom stereocenters. The van der Waals surface area contributed by atoms with Gasteiger partial charge in [0, 0.05) is 22.7 Å². The Hall–Kier alpha value is -0.890. The summed E-state index contributed by atoms with van der Waals surface area (Å²) in [7, 11) is 0. The summed E-state index contributed by atoms with van der Waals surface area (Å²) in [4.78, 5) is 4.09. The van der Waals surface area contributed by atoms with Crippen molar-refractivity contribution in [2.75, 3.05) is 6.54 Å². The first-order valence-corrected chi connectivity index (χ1v) is 13.1. The summed E-state index contributed by atoms with van der Waals surface area (Å²) in [5.74, 6) is 3.22. The molecule has 0 spiro atoms. The van der Waals surface area contributed by atoms with Crippen molar-refractivity contribution in [3.8, 4) is 0 Å². The molecule has 0 saturated heterocycles. The van der Waals surface area contributed by atoms with Gasteiger partial charge >= 0.3 is 0 Å². The fraction of sp³-hybridized carbons (Fsp3) is 0.704. The van der Waals surface area contributed by atoms with Gasteiger partial charge in [0.15, 0.2) is 0 Å². The Morgan fingerprint density at radius 1 is 1.14 bits per heavy atom. The Labute approximate surface area is 183 Å². The van der Waals surface area contributed by atoms with E-state index in [1.165, 1.54) is 68.3 Å². The molecule has 29 heavy (non-hydrogen) atoms. The number of thioether (sulfide) groups is 1.